The van der Waals surface area contributed by atoms with Crippen LogP contribution in [0, 0.1) is 0 Å². The van der Waals surface area contributed by atoms with Crippen molar-refractivity contribution in [3.8, 4) is 5.75 Å². The molecular weight excluding hydrogens is 346 g/mol. The predicted molar refractivity (Wildman–Crippen MR) is 103 cm³/mol. The number of carbonyl (C=O) groups is 2. The van der Waals surface area contributed by atoms with Gasteiger partial charge in [-0.25, -0.2) is 4.79 Å². The average molecular weight is 369 g/mol. The summed E-state index contributed by atoms with van der Waals surface area (Å²) in [6.07, 6.45) is -0.291. The number of hydrogen-bond donors (Lipinski definition) is 2. The molecule has 0 bridgehead atoms. The molecular formula is C20H23N3O4. The molecule has 0 aliphatic carbocycles. The van der Waals surface area contributed by atoms with Gasteiger partial charge in [-0.2, -0.15) is 0 Å². The van der Waals surface area contributed by atoms with Crippen molar-refractivity contribution in [2.75, 3.05) is 30.9 Å². The molecule has 27 heavy (non-hydrogen) atoms. The Kier molecular flexibility index (Phi) is 5.80. The predicted octanol–water partition coefficient (Wildman–Crippen LogP) is 3.09. The maximum absolute atomic E-state index is 12.4. The number of anilines is 2. The molecule has 1 atom stereocenters. The SMILES string of the molecule is COc1ccc(NC(=O)[C@@H](C)Nc2cccc(CN3CCOC3=O)c2)cc1. The van der Waals surface area contributed by atoms with Gasteiger partial charge in [0.05, 0.1) is 13.7 Å². The minimum absolute atomic E-state index is 0.145. The number of benzene rings is 2. The molecule has 2 aromatic carbocycles. The van der Waals surface area contributed by atoms with Crippen molar-refractivity contribution >= 4 is 23.4 Å². The summed E-state index contributed by atoms with van der Waals surface area (Å²) >= 11 is 0. The van der Waals surface area contributed by atoms with Gasteiger partial charge < -0.3 is 25.0 Å². The highest BCUT2D eigenvalue weighted by Crippen LogP contribution is 2.18. The maximum atomic E-state index is 12.4. The Morgan fingerprint density at radius 2 is 2.00 bits per heavy atom. The molecule has 1 saturated heterocycles. The molecule has 1 aliphatic heterocycles. The molecule has 0 unspecified atom stereocenters. The Morgan fingerprint density at radius 1 is 1.22 bits per heavy atom. The Balaban J connectivity index is 1.57. The molecule has 7 heteroatoms. The Labute approximate surface area is 158 Å². The molecule has 2 aromatic rings. The third-order valence-corrected chi connectivity index (χ3v) is 4.28. The fourth-order valence-electron chi connectivity index (χ4n) is 2.79. The zero-order chi connectivity index (χ0) is 19.2. The summed E-state index contributed by atoms with van der Waals surface area (Å²) in [5.74, 6) is 0.589. The Hall–Kier alpha value is -3.22. The van der Waals surface area contributed by atoms with E-state index in [2.05, 4.69) is 10.6 Å². The van der Waals surface area contributed by atoms with E-state index in [-0.39, 0.29) is 12.0 Å². The highest BCUT2D eigenvalue weighted by molar-refractivity contribution is 5.96. The van der Waals surface area contributed by atoms with Crippen LogP contribution < -0.4 is 15.4 Å². The summed E-state index contributed by atoms with van der Waals surface area (Å²) in [4.78, 5) is 25.6. The van der Waals surface area contributed by atoms with Crippen LogP contribution in [-0.4, -0.2) is 43.2 Å². The van der Waals surface area contributed by atoms with E-state index in [1.165, 1.54) is 0 Å². The van der Waals surface area contributed by atoms with Gasteiger partial charge in [0.15, 0.2) is 0 Å². The second-order valence-corrected chi connectivity index (χ2v) is 6.32. The molecule has 1 aliphatic rings. The highest BCUT2D eigenvalue weighted by atomic mass is 16.6. The Morgan fingerprint density at radius 3 is 2.67 bits per heavy atom. The molecule has 1 fully saturated rings. The minimum Gasteiger partial charge on any atom is -0.497 e. The second kappa shape index (κ2) is 8.44. The number of nitrogens with zero attached hydrogens (tertiary/aromatic N) is 1. The van der Waals surface area contributed by atoms with Crippen molar-refractivity contribution < 1.29 is 19.1 Å². The lowest BCUT2D eigenvalue weighted by atomic mass is 10.1. The van der Waals surface area contributed by atoms with Crippen molar-refractivity contribution in [3.63, 3.8) is 0 Å². The van der Waals surface area contributed by atoms with Crippen LogP contribution in [0.1, 0.15) is 12.5 Å². The number of methoxy groups -OCH3 is 1. The monoisotopic (exact) mass is 369 g/mol. The molecule has 0 aromatic heterocycles. The van der Waals surface area contributed by atoms with Crippen LogP contribution in [-0.2, 0) is 16.1 Å². The zero-order valence-electron chi connectivity index (χ0n) is 15.4. The second-order valence-electron chi connectivity index (χ2n) is 6.32. The number of ether oxygens (including phenoxy) is 2. The summed E-state index contributed by atoms with van der Waals surface area (Å²) in [5, 5.41) is 6.06. The third-order valence-electron chi connectivity index (χ3n) is 4.28. The molecule has 3 rings (SSSR count). The fourth-order valence-corrected chi connectivity index (χ4v) is 2.79. The van der Waals surface area contributed by atoms with Crippen LogP contribution in [0.25, 0.3) is 0 Å². The lowest BCUT2D eigenvalue weighted by molar-refractivity contribution is -0.116. The first-order chi connectivity index (χ1) is 13.0. The van der Waals surface area contributed by atoms with Crippen molar-refractivity contribution in [2.24, 2.45) is 0 Å². The molecule has 142 valence electrons. The van der Waals surface area contributed by atoms with Crippen molar-refractivity contribution in [1.29, 1.82) is 0 Å². The van der Waals surface area contributed by atoms with E-state index in [9.17, 15) is 9.59 Å². The molecule has 0 radical (unpaired) electrons. The van der Waals surface area contributed by atoms with E-state index < -0.39 is 6.04 Å². The number of rotatable bonds is 7. The van der Waals surface area contributed by atoms with Gasteiger partial charge in [-0.1, -0.05) is 12.1 Å². The zero-order valence-corrected chi connectivity index (χ0v) is 15.4. The van der Waals surface area contributed by atoms with Crippen LogP contribution in [0.3, 0.4) is 0 Å². The van der Waals surface area contributed by atoms with E-state index in [0.29, 0.717) is 25.4 Å². The van der Waals surface area contributed by atoms with Gasteiger partial charge in [0, 0.05) is 17.9 Å². The molecule has 0 spiro atoms. The van der Waals surface area contributed by atoms with Crippen molar-refractivity contribution in [3.05, 3.63) is 54.1 Å². The summed E-state index contributed by atoms with van der Waals surface area (Å²) in [7, 11) is 1.60. The molecule has 1 heterocycles. The molecule has 2 amide bonds. The summed E-state index contributed by atoms with van der Waals surface area (Å²) in [5.41, 5.74) is 2.50. The van der Waals surface area contributed by atoms with Gasteiger partial charge in [-0.05, 0) is 48.9 Å². The number of nitrogens with one attached hydrogen (secondary N) is 2. The quantitative estimate of drug-likeness (QED) is 0.784. The fraction of sp³-hybridized carbons (Fsp3) is 0.300. The normalized spacial score (nSPS) is 14.4. The molecule has 7 nitrogen and oxygen atoms in total. The van der Waals surface area contributed by atoms with E-state index >= 15 is 0 Å². The maximum Gasteiger partial charge on any atom is 0.410 e. The first kappa shape index (κ1) is 18.6. The van der Waals surface area contributed by atoms with Gasteiger partial charge in [0.2, 0.25) is 5.91 Å². The first-order valence-electron chi connectivity index (χ1n) is 8.77. The lowest BCUT2D eigenvalue weighted by Crippen LogP contribution is -2.32. The van der Waals surface area contributed by atoms with Crippen LogP contribution in [0.4, 0.5) is 16.2 Å². The van der Waals surface area contributed by atoms with E-state index in [4.69, 9.17) is 9.47 Å². The van der Waals surface area contributed by atoms with E-state index in [1.54, 1.807) is 43.2 Å². The molecule has 2 N–H and O–H groups in total. The van der Waals surface area contributed by atoms with Crippen LogP contribution >= 0.6 is 0 Å². The van der Waals surface area contributed by atoms with Gasteiger partial charge in [0.25, 0.3) is 0 Å². The van der Waals surface area contributed by atoms with Crippen LogP contribution in [0.5, 0.6) is 5.75 Å². The smallest absolute Gasteiger partial charge is 0.410 e. The molecule has 0 saturated carbocycles. The van der Waals surface area contributed by atoms with Gasteiger partial charge in [0.1, 0.15) is 18.4 Å². The van der Waals surface area contributed by atoms with E-state index in [0.717, 1.165) is 17.0 Å². The standard InChI is InChI=1S/C20H23N3O4/c1-14(19(24)22-16-6-8-18(26-2)9-7-16)21-17-5-3-4-15(12-17)13-23-10-11-27-20(23)25/h3-9,12,14,21H,10-11,13H2,1-2H3,(H,22,24)/t14-/m1/s1. The largest absolute Gasteiger partial charge is 0.497 e. The number of hydrogen-bond acceptors (Lipinski definition) is 5. The number of carbonyl (C=O) groups excluding carboxylic acids is 2. The van der Waals surface area contributed by atoms with Gasteiger partial charge in [-0.15, -0.1) is 0 Å². The Bertz CT molecular complexity index is 807. The highest BCUT2D eigenvalue weighted by Gasteiger charge is 2.22. The number of cyclic esters (lactones) is 1. The van der Waals surface area contributed by atoms with E-state index in [1.807, 2.05) is 24.3 Å². The van der Waals surface area contributed by atoms with Crippen molar-refractivity contribution in [2.45, 2.75) is 19.5 Å². The van der Waals surface area contributed by atoms with Gasteiger partial charge >= 0.3 is 6.09 Å². The first-order valence-corrected chi connectivity index (χ1v) is 8.77. The summed E-state index contributed by atoms with van der Waals surface area (Å²) in [6.45, 7) is 3.31. The topological polar surface area (TPSA) is 79.9 Å². The van der Waals surface area contributed by atoms with Crippen molar-refractivity contribution in [1.82, 2.24) is 4.90 Å². The lowest BCUT2D eigenvalue weighted by Gasteiger charge is -2.17. The van der Waals surface area contributed by atoms with Crippen LogP contribution in [0.2, 0.25) is 0 Å². The average Bonchev–Trinajstić information content (AvgIpc) is 3.07. The summed E-state index contributed by atoms with van der Waals surface area (Å²) in [6, 6.07) is 14.4. The summed E-state index contributed by atoms with van der Waals surface area (Å²) < 4.78 is 10.1. The minimum atomic E-state index is -0.431. The number of amides is 2. The van der Waals surface area contributed by atoms with Crippen LogP contribution in [0.15, 0.2) is 48.5 Å². The van der Waals surface area contributed by atoms with Gasteiger partial charge in [-0.3, -0.25) is 4.79 Å². The third kappa shape index (κ3) is 4.91.